The van der Waals surface area contributed by atoms with Gasteiger partial charge < -0.3 is 9.15 Å². The van der Waals surface area contributed by atoms with Gasteiger partial charge in [0.05, 0.1) is 29.1 Å². The summed E-state index contributed by atoms with van der Waals surface area (Å²) in [6, 6.07) is 7.36. The highest BCUT2D eigenvalue weighted by Crippen LogP contribution is 2.32. The lowest BCUT2D eigenvalue weighted by Gasteiger charge is -2.04. The highest BCUT2D eigenvalue weighted by atomic mass is 79.9. The number of methoxy groups -OCH3 is 1. The molecule has 0 aliphatic heterocycles. The fourth-order valence-electron chi connectivity index (χ4n) is 2.07. The molecule has 0 aliphatic carbocycles. The van der Waals surface area contributed by atoms with Crippen LogP contribution in [0, 0.1) is 6.92 Å². The Bertz CT molecular complexity index is 857. The number of hydrogen-bond donors (Lipinski definition) is 1. The molecule has 5 nitrogen and oxygen atoms in total. The summed E-state index contributed by atoms with van der Waals surface area (Å²) in [6.45, 7) is 1.75. The molecule has 1 aromatic carbocycles. The minimum atomic E-state index is -0.229. The third-order valence-corrected chi connectivity index (χ3v) is 4.65. The molecule has 0 unspecified atom stereocenters. The lowest BCUT2D eigenvalue weighted by Crippen LogP contribution is -2.11. The van der Waals surface area contributed by atoms with Crippen molar-refractivity contribution in [3.8, 4) is 17.0 Å². The number of amides is 1. The molecule has 0 radical (unpaired) electrons. The predicted octanol–water partition coefficient (Wildman–Crippen LogP) is 4.73. The fraction of sp³-hybridized carbons (Fsp3) is 0.125. The van der Waals surface area contributed by atoms with E-state index in [-0.39, 0.29) is 5.91 Å². The molecular formula is C16H13BrN2O3S. The monoisotopic (exact) mass is 392 g/mol. The number of hydrogen-bond acceptors (Lipinski definition) is 5. The van der Waals surface area contributed by atoms with Crippen LogP contribution in [0.15, 0.2) is 44.8 Å². The van der Waals surface area contributed by atoms with Crippen LogP contribution >= 0.6 is 27.3 Å². The van der Waals surface area contributed by atoms with Crippen LogP contribution in [-0.2, 0) is 0 Å². The Kier molecular flexibility index (Phi) is 4.49. The Morgan fingerprint density at radius 2 is 2.22 bits per heavy atom. The molecule has 2 aromatic heterocycles. The SMILES string of the molecule is COc1ccc(-c2csc(NC(=O)c3ccoc3C)n2)cc1Br. The van der Waals surface area contributed by atoms with Crippen molar-refractivity contribution in [1.82, 2.24) is 4.98 Å². The van der Waals surface area contributed by atoms with Gasteiger partial charge in [-0.2, -0.15) is 0 Å². The number of carbonyl (C=O) groups is 1. The predicted molar refractivity (Wildman–Crippen MR) is 93.2 cm³/mol. The molecular weight excluding hydrogens is 380 g/mol. The number of carbonyl (C=O) groups excluding carboxylic acids is 1. The van der Waals surface area contributed by atoms with Crippen molar-refractivity contribution >= 4 is 38.3 Å². The minimum absolute atomic E-state index is 0.229. The molecule has 0 spiro atoms. The van der Waals surface area contributed by atoms with Crippen LogP contribution in [-0.4, -0.2) is 18.0 Å². The maximum absolute atomic E-state index is 12.2. The first kappa shape index (κ1) is 15.8. The van der Waals surface area contributed by atoms with Crippen molar-refractivity contribution in [2.45, 2.75) is 6.92 Å². The summed E-state index contributed by atoms with van der Waals surface area (Å²) in [5.41, 5.74) is 2.24. The molecule has 0 aliphatic rings. The highest BCUT2D eigenvalue weighted by Gasteiger charge is 2.14. The van der Waals surface area contributed by atoms with Gasteiger partial charge in [0.25, 0.3) is 5.91 Å². The first-order valence-electron chi connectivity index (χ1n) is 6.73. The molecule has 1 N–H and O–H groups in total. The lowest BCUT2D eigenvalue weighted by atomic mass is 10.2. The Hall–Kier alpha value is -2.12. The quantitative estimate of drug-likeness (QED) is 0.696. The summed E-state index contributed by atoms with van der Waals surface area (Å²) >= 11 is 4.83. The number of halogens is 1. The normalized spacial score (nSPS) is 10.6. The van der Waals surface area contributed by atoms with Gasteiger partial charge in [-0.15, -0.1) is 11.3 Å². The molecule has 0 bridgehead atoms. The van der Waals surface area contributed by atoms with Crippen LogP contribution in [0.4, 0.5) is 5.13 Å². The summed E-state index contributed by atoms with van der Waals surface area (Å²) in [5.74, 6) is 1.11. The van der Waals surface area contributed by atoms with Crippen LogP contribution in [0.2, 0.25) is 0 Å². The molecule has 118 valence electrons. The van der Waals surface area contributed by atoms with Crippen LogP contribution in [0.5, 0.6) is 5.75 Å². The second-order valence-corrected chi connectivity index (χ2v) is 6.44. The van der Waals surface area contributed by atoms with Gasteiger partial charge in [0.1, 0.15) is 11.5 Å². The number of nitrogens with one attached hydrogen (secondary N) is 1. The highest BCUT2D eigenvalue weighted by molar-refractivity contribution is 9.10. The van der Waals surface area contributed by atoms with Gasteiger partial charge in [-0.1, -0.05) is 0 Å². The summed E-state index contributed by atoms with van der Waals surface area (Å²) in [4.78, 5) is 16.6. The third-order valence-electron chi connectivity index (χ3n) is 3.28. The zero-order valence-corrected chi connectivity index (χ0v) is 14.8. The number of rotatable bonds is 4. The maximum Gasteiger partial charge on any atom is 0.260 e. The summed E-state index contributed by atoms with van der Waals surface area (Å²) in [5, 5.41) is 5.22. The zero-order valence-electron chi connectivity index (χ0n) is 12.4. The van der Waals surface area contributed by atoms with Gasteiger partial charge in [-0.05, 0) is 47.1 Å². The van der Waals surface area contributed by atoms with Crippen LogP contribution < -0.4 is 10.1 Å². The van der Waals surface area contributed by atoms with E-state index in [9.17, 15) is 4.79 Å². The van der Waals surface area contributed by atoms with E-state index in [1.165, 1.54) is 17.6 Å². The summed E-state index contributed by atoms with van der Waals surface area (Å²) < 4.78 is 11.2. The third kappa shape index (κ3) is 3.30. The number of furan rings is 1. The Morgan fingerprint density at radius 1 is 1.39 bits per heavy atom. The number of nitrogens with zero attached hydrogens (tertiary/aromatic N) is 1. The average molecular weight is 393 g/mol. The molecule has 1 amide bonds. The average Bonchev–Trinajstić information content (AvgIpc) is 3.16. The van der Waals surface area contributed by atoms with E-state index in [0.29, 0.717) is 16.5 Å². The topological polar surface area (TPSA) is 64.4 Å². The van der Waals surface area contributed by atoms with E-state index >= 15 is 0 Å². The van der Waals surface area contributed by atoms with Crippen molar-refractivity contribution in [3.05, 3.63) is 51.7 Å². The first-order chi connectivity index (χ1) is 11.1. The van der Waals surface area contributed by atoms with E-state index in [1.54, 1.807) is 20.1 Å². The molecule has 7 heteroatoms. The molecule has 0 atom stereocenters. The van der Waals surface area contributed by atoms with Crippen LogP contribution in [0.25, 0.3) is 11.3 Å². The summed E-state index contributed by atoms with van der Waals surface area (Å²) in [6.07, 6.45) is 1.49. The van der Waals surface area contributed by atoms with Crippen molar-refractivity contribution in [2.75, 3.05) is 12.4 Å². The van der Waals surface area contributed by atoms with Crippen LogP contribution in [0.3, 0.4) is 0 Å². The standard InChI is InChI=1S/C16H13BrN2O3S/c1-9-11(5-6-22-9)15(20)19-16-18-13(8-23-16)10-3-4-14(21-2)12(17)7-10/h3-8H,1-2H3,(H,18,19,20). The van der Waals surface area contributed by atoms with E-state index in [0.717, 1.165) is 21.5 Å². The lowest BCUT2D eigenvalue weighted by molar-refractivity contribution is 0.102. The fourth-order valence-corrected chi connectivity index (χ4v) is 3.33. The number of ether oxygens (including phenoxy) is 1. The molecule has 0 fully saturated rings. The van der Waals surface area contributed by atoms with Gasteiger partial charge >= 0.3 is 0 Å². The molecule has 3 rings (SSSR count). The molecule has 0 saturated heterocycles. The molecule has 3 aromatic rings. The van der Waals surface area contributed by atoms with Gasteiger partial charge in [0, 0.05) is 10.9 Å². The van der Waals surface area contributed by atoms with Crippen molar-refractivity contribution < 1.29 is 13.9 Å². The van der Waals surface area contributed by atoms with Crippen molar-refractivity contribution in [3.63, 3.8) is 0 Å². The van der Waals surface area contributed by atoms with Gasteiger partial charge in [-0.3, -0.25) is 10.1 Å². The summed E-state index contributed by atoms with van der Waals surface area (Å²) in [7, 11) is 1.62. The van der Waals surface area contributed by atoms with Gasteiger partial charge in [0.15, 0.2) is 5.13 Å². The second kappa shape index (κ2) is 6.55. The largest absolute Gasteiger partial charge is 0.496 e. The number of benzene rings is 1. The van der Waals surface area contributed by atoms with Crippen molar-refractivity contribution in [1.29, 1.82) is 0 Å². The van der Waals surface area contributed by atoms with Crippen molar-refractivity contribution in [2.24, 2.45) is 0 Å². The molecule has 2 heterocycles. The number of aromatic nitrogens is 1. The molecule has 23 heavy (non-hydrogen) atoms. The zero-order chi connectivity index (χ0) is 16.4. The second-order valence-electron chi connectivity index (χ2n) is 4.73. The Labute approximate surface area is 145 Å². The van der Waals surface area contributed by atoms with E-state index < -0.39 is 0 Å². The number of aryl methyl sites for hydroxylation is 1. The Balaban J connectivity index is 1.79. The molecule has 0 saturated carbocycles. The maximum atomic E-state index is 12.2. The Morgan fingerprint density at radius 3 is 2.87 bits per heavy atom. The van der Waals surface area contributed by atoms with E-state index in [1.807, 2.05) is 23.6 Å². The van der Waals surface area contributed by atoms with Gasteiger partial charge in [-0.25, -0.2) is 4.98 Å². The van der Waals surface area contributed by atoms with Gasteiger partial charge in [0.2, 0.25) is 0 Å². The smallest absolute Gasteiger partial charge is 0.260 e. The minimum Gasteiger partial charge on any atom is -0.496 e. The van der Waals surface area contributed by atoms with Crippen LogP contribution in [0.1, 0.15) is 16.1 Å². The van der Waals surface area contributed by atoms with E-state index in [2.05, 4.69) is 26.2 Å². The first-order valence-corrected chi connectivity index (χ1v) is 8.40. The number of thiazole rings is 1. The number of anilines is 1. The van der Waals surface area contributed by atoms with E-state index in [4.69, 9.17) is 9.15 Å².